The molecule has 0 bridgehead atoms. The van der Waals surface area contributed by atoms with Crippen LogP contribution in [0.15, 0.2) is 18.2 Å². The van der Waals surface area contributed by atoms with Gasteiger partial charge in [0.05, 0.1) is 11.6 Å². The fourth-order valence-electron chi connectivity index (χ4n) is 4.11. The lowest BCUT2D eigenvalue weighted by Crippen LogP contribution is -2.34. The molecular weight excluding hydrogens is 423 g/mol. The van der Waals surface area contributed by atoms with Gasteiger partial charge in [-0.2, -0.15) is 13.2 Å². The van der Waals surface area contributed by atoms with E-state index in [0.29, 0.717) is 18.0 Å². The summed E-state index contributed by atoms with van der Waals surface area (Å²) >= 11 is 0. The Morgan fingerprint density at radius 1 is 1.23 bits per heavy atom. The molecule has 1 aromatic carbocycles. The van der Waals surface area contributed by atoms with Gasteiger partial charge in [0.25, 0.3) is 0 Å². The average molecular weight is 450 g/mol. The molecule has 1 unspecified atom stereocenters. The highest BCUT2D eigenvalue weighted by molar-refractivity contribution is 5.85. The molecule has 2 amide bonds. The van der Waals surface area contributed by atoms with Gasteiger partial charge in [0.2, 0.25) is 0 Å². The minimum Gasteiger partial charge on any atom is -0.481 e. The standard InChI is InChI=1S/C20H26F3N3O3.ClH/c21-20(22,23)16-11-14(2-4-18(27)28)1-3-15(16)17-12-25-19(29)26(17)10-7-13-5-8-24-9-6-13;/h1,3,11,13,17,24H,2,4-10,12H2,(H,25,29)(H,27,28);1H. The van der Waals surface area contributed by atoms with Crippen LogP contribution in [0.1, 0.15) is 48.4 Å². The van der Waals surface area contributed by atoms with E-state index >= 15 is 0 Å². The molecule has 10 heteroatoms. The number of aryl methyl sites for hydroxylation is 1. The Kier molecular flexibility index (Phi) is 8.37. The molecule has 3 N–H and O–H groups in total. The number of hydrogen-bond acceptors (Lipinski definition) is 3. The topological polar surface area (TPSA) is 81.7 Å². The molecule has 3 rings (SSSR count). The predicted molar refractivity (Wildman–Crippen MR) is 108 cm³/mol. The first-order chi connectivity index (χ1) is 13.8. The Balaban J connectivity index is 0.00000320. The van der Waals surface area contributed by atoms with Crippen molar-refractivity contribution in [2.24, 2.45) is 5.92 Å². The van der Waals surface area contributed by atoms with E-state index < -0.39 is 23.8 Å². The van der Waals surface area contributed by atoms with Crippen LogP contribution in [0, 0.1) is 5.92 Å². The lowest BCUT2D eigenvalue weighted by atomic mass is 9.93. The maximum absolute atomic E-state index is 13.7. The Hall–Kier alpha value is -2.00. The van der Waals surface area contributed by atoms with E-state index in [2.05, 4.69) is 10.6 Å². The molecule has 1 aromatic rings. The highest BCUT2D eigenvalue weighted by Gasteiger charge is 2.40. The van der Waals surface area contributed by atoms with Crippen molar-refractivity contribution >= 4 is 24.4 Å². The van der Waals surface area contributed by atoms with Gasteiger partial charge in [0.1, 0.15) is 0 Å². The number of nitrogens with one attached hydrogen (secondary N) is 2. The van der Waals surface area contributed by atoms with Crippen molar-refractivity contribution in [2.45, 2.75) is 44.3 Å². The van der Waals surface area contributed by atoms with E-state index in [1.807, 2.05) is 0 Å². The third kappa shape index (κ3) is 6.01. The second-order valence-corrected chi connectivity index (χ2v) is 7.69. The van der Waals surface area contributed by atoms with Gasteiger partial charge in [0, 0.05) is 19.5 Å². The third-order valence-corrected chi connectivity index (χ3v) is 5.73. The number of hydrogen-bond donors (Lipinski definition) is 3. The summed E-state index contributed by atoms with van der Waals surface area (Å²) in [7, 11) is 0. The lowest BCUT2D eigenvalue weighted by molar-refractivity contribution is -0.138. The quantitative estimate of drug-likeness (QED) is 0.594. The van der Waals surface area contributed by atoms with Gasteiger partial charge in [-0.25, -0.2) is 4.79 Å². The van der Waals surface area contributed by atoms with Crippen LogP contribution >= 0.6 is 12.4 Å². The zero-order valence-electron chi connectivity index (χ0n) is 16.5. The first kappa shape index (κ1) is 24.3. The number of alkyl halides is 3. The molecule has 2 saturated heterocycles. The highest BCUT2D eigenvalue weighted by Crippen LogP contribution is 2.38. The van der Waals surface area contributed by atoms with Crippen molar-refractivity contribution in [3.63, 3.8) is 0 Å². The molecule has 0 spiro atoms. The molecule has 0 aliphatic carbocycles. The number of nitrogens with zero attached hydrogens (tertiary/aromatic N) is 1. The molecule has 30 heavy (non-hydrogen) atoms. The van der Waals surface area contributed by atoms with Crippen LogP contribution in [0.5, 0.6) is 0 Å². The van der Waals surface area contributed by atoms with Crippen LogP contribution in [-0.2, 0) is 17.4 Å². The normalized spacial score (nSPS) is 20.0. The number of benzene rings is 1. The van der Waals surface area contributed by atoms with Gasteiger partial charge in [-0.15, -0.1) is 12.4 Å². The zero-order chi connectivity index (χ0) is 21.0. The number of carbonyl (C=O) groups is 2. The van der Waals surface area contributed by atoms with Crippen LogP contribution in [0.3, 0.4) is 0 Å². The zero-order valence-corrected chi connectivity index (χ0v) is 17.3. The summed E-state index contributed by atoms with van der Waals surface area (Å²) in [6.45, 7) is 2.40. The summed E-state index contributed by atoms with van der Waals surface area (Å²) in [5, 5.41) is 14.7. The maximum atomic E-state index is 13.7. The van der Waals surface area contributed by atoms with Gasteiger partial charge in [-0.3, -0.25) is 4.79 Å². The minimum atomic E-state index is -4.58. The first-order valence-electron chi connectivity index (χ1n) is 9.92. The third-order valence-electron chi connectivity index (χ3n) is 5.73. The Labute approximate surface area is 179 Å². The minimum absolute atomic E-state index is 0. The smallest absolute Gasteiger partial charge is 0.416 e. The molecule has 2 heterocycles. The molecule has 0 saturated carbocycles. The van der Waals surface area contributed by atoms with Crippen LogP contribution < -0.4 is 10.6 Å². The van der Waals surface area contributed by atoms with Gasteiger partial charge in [0.15, 0.2) is 0 Å². The largest absolute Gasteiger partial charge is 0.481 e. The molecule has 1 atom stereocenters. The SMILES string of the molecule is Cl.O=C(O)CCc1ccc(C2CNC(=O)N2CCC2CCNCC2)c(C(F)(F)F)c1. The number of carbonyl (C=O) groups excluding carboxylic acids is 1. The summed E-state index contributed by atoms with van der Waals surface area (Å²) in [6.07, 6.45) is -2.01. The number of rotatable bonds is 7. The summed E-state index contributed by atoms with van der Waals surface area (Å²) in [4.78, 5) is 24.5. The van der Waals surface area contributed by atoms with E-state index in [9.17, 15) is 22.8 Å². The van der Waals surface area contributed by atoms with E-state index in [0.717, 1.165) is 38.4 Å². The molecule has 2 fully saturated rings. The van der Waals surface area contributed by atoms with Crippen LogP contribution in [0.2, 0.25) is 0 Å². The Morgan fingerprint density at radius 2 is 1.93 bits per heavy atom. The van der Waals surface area contributed by atoms with Crippen molar-refractivity contribution in [1.82, 2.24) is 15.5 Å². The van der Waals surface area contributed by atoms with Crippen molar-refractivity contribution in [3.8, 4) is 0 Å². The van der Waals surface area contributed by atoms with Crippen LogP contribution in [0.25, 0.3) is 0 Å². The number of carboxylic acids is 1. The van der Waals surface area contributed by atoms with E-state index in [4.69, 9.17) is 5.11 Å². The molecular formula is C20H27ClF3N3O3. The average Bonchev–Trinajstić information content (AvgIpc) is 3.05. The van der Waals surface area contributed by atoms with Gasteiger partial charge < -0.3 is 20.6 Å². The number of aliphatic carboxylic acids is 1. The van der Waals surface area contributed by atoms with E-state index in [-0.39, 0.29) is 43.4 Å². The van der Waals surface area contributed by atoms with Gasteiger partial charge in [-0.1, -0.05) is 12.1 Å². The van der Waals surface area contributed by atoms with Crippen molar-refractivity contribution < 1.29 is 27.9 Å². The molecule has 6 nitrogen and oxygen atoms in total. The van der Waals surface area contributed by atoms with Gasteiger partial charge in [-0.05, 0) is 61.9 Å². The van der Waals surface area contributed by atoms with Crippen molar-refractivity contribution in [2.75, 3.05) is 26.2 Å². The lowest BCUT2D eigenvalue weighted by Gasteiger charge is -2.29. The predicted octanol–water partition coefficient (Wildman–Crippen LogP) is 3.60. The second-order valence-electron chi connectivity index (χ2n) is 7.69. The summed E-state index contributed by atoms with van der Waals surface area (Å²) < 4.78 is 41.2. The Bertz CT molecular complexity index is 755. The highest BCUT2D eigenvalue weighted by atomic mass is 35.5. The van der Waals surface area contributed by atoms with E-state index in [1.165, 1.54) is 17.0 Å². The molecule has 2 aliphatic rings. The maximum Gasteiger partial charge on any atom is 0.416 e. The second kappa shape index (κ2) is 10.3. The number of urea groups is 1. The number of halogens is 4. The number of amides is 2. The number of carboxylic acid groups (broad SMARTS) is 1. The molecule has 168 valence electrons. The summed E-state index contributed by atoms with van der Waals surface area (Å²) in [5.74, 6) is -0.594. The van der Waals surface area contributed by atoms with Gasteiger partial charge >= 0.3 is 18.2 Å². The summed E-state index contributed by atoms with van der Waals surface area (Å²) in [5.41, 5.74) is -0.420. The Morgan fingerprint density at radius 3 is 2.57 bits per heavy atom. The number of piperidine rings is 1. The first-order valence-corrected chi connectivity index (χ1v) is 9.92. The van der Waals surface area contributed by atoms with E-state index in [1.54, 1.807) is 0 Å². The van der Waals surface area contributed by atoms with Crippen LogP contribution in [-0.4, -0.2) is 48.2 Å². The van der Waals surface area contributed by atoms with Crippen molar-refractivity contribution in [1.29, 1.82) is 0 Å². The molecule has 0 aromatic heterocycles. The molecule has 0 radical (unpaired) electrons. The summed E-state index contributed by atoms with van der Waals surface area (Å²) in [6, 6.07) is 2.91. The monoisotopic (exact) mass is 449 g/mol. The van der Waals surface area contributed by atoms with Crippen molar-refractivity contribution in [3.05, 3.63) is 34.9 Å². The fourth-order valence-corrected chi connectivity index (χ4v) is 4.11. The molecule has 2 aliphatic heterocycles. The fraction of sp³-hybridized carbons (Fsp3) is 0.600. The van der Waals surface area contributed by atoms with Crippen LogP contribution in [0.4, 0.5) is 18.0 Å².